The quantitative estimate of drug-likeness (QED) is 0.826. The topological polar surface area (TPSA) is 93.0 Å². The van der Waals surface area contributed by atoms with E-state index in [1.165, 1.54) is 12.7 Å². The number of nitrogens with one attached hydrogen (secondary N) is 1. The van der Waals surface area contributed by atoms with Crippen molar-refractivity contribution in [2.75, 3.05) is 26.4 Å². The first-order chi connectivity index (χ1) is 11.5. The predicted molar refractivity (Wildman–Crippen MR) is 89.6 cm³/mol. The molecule has 130 valence electrons. The fourth-order valence-corrected chi connectivity index (χ4v) is 3.60. The van der Waals surface area contributed by atoms with E-state index in [9.17, 15) is 8.42 Å². The van der Waals surface area contributed by atoms with Gasteiger partial charge in [-0.2, -0.15) is 4.68 Å². The summed E-state index contributed by atoms with van der Waals surface area (Å²) >= 11 is 0. The molecule has 1 saturated heterocycles. The molecule has 2 aromatic rings. The summed E-state index contributed by atoms with van der Waals surface area (Å²) in [5, 5.41) is 15.3. The third-order valence-electron chi connectivity index (χ3n) is 4.32. The number of piperidine rings is 1. The lowest BCUT2D eigenvalue weighted by Gasteiger charge is -2.31. The molecule has 1 unspecified atom stereocenters. The van der Waals surface area contributed by atoms with E-state index >= 15 is 0 Å². The van der Waals surface area contributed by atoms with Gasteiger partial charge in [0, 0.05) is 18.8 Å². The van der Waals surface area contributed by atoms with Crippen molar-refractivity contribution in [3.8, 4) is 5.69 Å². The number of likely N-dealkylation sites (N-methyl/N-ethyl adjacent to an activating group) is 1. The molecular weight excluding hydrogens is 328 g/mol. The van der Waals surface area contributed by atoms with Gasteiger partial charge in [-0.25, -0.2) is 8.42 Å². The molecule has 24 heavy (non-hydrogen) atoms. The van der Waals surface area contributed by atoms with Crippen LogP contribution in [-0.2, 0) is 16.4 Å². The molecule has 2 heterocycles. The average Bonchev–Trinajstić information content (AvgIpc) is 3.02. The zero-order valence-electron chi connectivity index (χ0n) is 13.9. The highest BCUT2D eigenvalue weighted by Gasteiger charge is 2.21. The highest BCUT2D eigenvalue weighted by atomic mass is 32.2. The molecule has 0 aliphatic carbocycles. The first kappa shape index (κ1) is 17.0. The van der Waals surface area contributed by atoms with E-state index in [0.29, 0.717) is 12.6 Å². The first-order valence-electron chi connectivity index (χ1n) is 7.95. The van der Waals surface area contributed by atoms with Crippen LogP contribution >= 0.6 is 0 Å². The maximum Gasteiger partial charge on any atom is 0.175 e. The van der Waals surface area contributed by atoms with Crippen LogP contribution in [0.3, 0.4) is 0 Å². The van der Waals surface area contributed by atoms with E-state index in [0.717, 1.165) is 31.0 Å². The molecular formula is C15H22N6O2S. The second kappa shape index (κ2) is 6.96. The molecule has 9 heteroatoms. The summed E-state index contributed by atoms with van der Waals surface area (Å²) in [6, 6.07) is 7.10. The number of nitrogens with zero attached hydrogens (tertiary/aromatic N) is 5. The second-order valence-electron chi connectivity index (χ2n) is 6.14. The van der Waals surface area contributed by atoms with E-state index < -0.39 is 9.84 Å². The van der Waals surface area contributed by atoms with Gasteiger partial charge in [0.25, 0.3) is 0 Å². The Bertz CT molecular complexity index is 787. The Kier molecular flexibility index (Phi) is 4.93. The van der Waals surface area contributed by atoms with Crippen LogP contribution in [0.2, 0.25) is 0 Å². The number of hydrogen-bond acceptors (Lipinski definition) is 7. The predicted octanol–water partition coefficient (Wildman–Crippen LogP) is 0.250. The summed E-state index contributed by atoms with van der Waals surface area (Å²) in [7, 11) is -1.22. The van der Waals surface area contributed by atoms with Crippen molar-refractivity contribution in [1.29, 1.82) is 0 Å². The normalized spacial score (nSPS) is 19.5. The lowest BCUT2D eigenvalue weighted by Crippen LogP contribution is -2.44. The summed E-state index contributed by atoms with van der Waals surface area (Å²) in [6.07, 6.45) is 3.53. The van der Waals surface area contributed by atoms with Gasteiger partial charge < -0.3 is 5.32 Å². The number of sulfone groups is 1. The Morgan fingerprint density at radius 1 is 1.29 bits per heavy atom. The minimum atomic E-state index is -3.21. The van der Waals surface area contributed by atoms with Gasteiger partial charge >= 0.3 is 0 Å². The maximum absolute atomic E-state index is 11.6. The summed E-state index contributed by atoms with van der Waals surface area (Å²) in [5.74, 6) is 0.749. The lowest BCUT2D eigenvalue weighted by atomic mass is 10.1. The molecule has 0 bridgehead atoms. The molecule has 1 fully saturated rings. The molecule has 0 spiro atoms. The van der Waals surface area contributed by atoms with Crippen LogP contribution in [0, 0.1) is 0 Å². The van der Waals surface area contributed by atoms with Gasteiger partial charge in [0.2, 0.25) is 0 Å². The van der Waals surface area contributed by atoms with Gasteiger partial charge in [0.05, 0.1) is 17.1 Å². The smallest absolute Gasteiger partial charge is 0.175 e. The molecule has 0 radical (unpaired) electrons. The zero-order chi connectivity index (χ0) is 17.2. The zero-order valence-corrected chi connectivity index (χ0v) is 14.7. The van der Waals surface area contributed by atoms with Crippen LogP contribution in [0.25, 0.3) is 5.69 Å². The Morgan fingerprint density at radius 2 is 2.04 bits per heavy atom. The van der Waals surface area contributed by atoms with Crippen molar-refractivity contribution in [2.45, 2.75) is 30.3 Å². The monoisotopic (exact) mass is 350 g/mol. The molecule has 0 saturated carbocycles. The molecule has 3 rings (SSSR count). The Morgan fingerprint density at radius 3 is 2.71 bits per heavy atom. The standard InChI is InChI=1S/C15H22N6O2S/c1-16-12-4-3-9-20(10-12)11-15-17-18-19-21(15)13-5-7-14(8-6-13)24(2,22)23/h5-8,12,16H,3-4,9-11H2,1-2H3. The van der Waals surface area contributed by atoms with Gasteiger partial charge in [-0.1, -0.05) is 0 Å². The number of tetrazole rings is 1. The van der Waals surface area contributed by atoms with Gasteiger partial charge in [0.15, 0.2) is 15.7 Å². The molecule has 0 amide bonds. The molecule has 1 aromatic carbocycles. The van der Waals surface area contributed by atoms with Crippen molar-refractivity contribution in [1.82, 2.24) is 30.4 Å². The van der Waals surface area contributed by atoms with Crippen LogP contribution in [0.1, 0.15) is 18.7 Å². The Labute approximate surface area is 141 Å². The van der Waals surface area contributed by atoms with Crippen LogP contribution < -0.4 is 5.32 Å². The largest absolute Gasteiger partial charge is 0.316 e. The third kappa shape index (κ3) is 3.80. The Balaban J connectivity index is 1.78. The van der Waals surface area contributed by atoms with E-state index in [1.807, 2.05) is 7.05 Å². The highest BCUT2D eigenvalue weighted by molar-refractivity contribution is 7.90. The number of likely N-dealkylation sites (tertiary alicyclic amines) is 1. The lowest BCUT2D eigenvalue weighted by molar-refractivity contribution is 0.183. The van der Waals surface area contributed by atoms with E-state index in [-0.39, 0.29) is 4.90 Å². The van der Waals surface area contributed by atoms with Crippen LogP contribution in [0.5, 0.6) is 0 Å². The fourth-order valence-electron chi connectivity index (χ4n) is 2.97. The summed E-state index contributed by atoms with van der Waals surface area (Å²) in [5.41, 5.74) is 0.754. The van der Waals surface area contributed by atoms with Crippen molar-refractivity contribution in [3.63, 3.8) is 0 Å². The van der Waals surface area contributed by atoms with Gasteiger partial charge in [-0.15, -0.1) is 5.10 Å². The molecule has 8 nitrogen and oxygen atoms in total. The summed E-state index contributed by atoms with van der Waals surface area (Å²) in [6.45, 7) is 2.66. The summed E-state index contributed by atoms with van der Waals surface area (Å²) in [4.78, 5) is 2.62. The number of aromatic nitrogens is 4. The number of benzene rings is 1. The molecule has 1 aliphatic rings. The Hall–Kier alpha value is -1.84. The third-order valence-corrected chi connectivity index (χ3v) is 5.45. The van der Waals surface area contributed by atoms with E-state index in [2.05, 4.69) is 25.7 Å². The minimum Gasteiger partial charge on any atom is -0.316 e. The van der Waals surface area contributed by atoms with Crippen molar-refractivity contribution < 1.29 is 8.42 Å². The molecule has 1 N–H and O–H groups in total. The van der Waals surface area contributed by atoms with E-state index in [1.54, 1.807) is 28.9 Å². The van der Waals surface area contributed by atoms with Gasteiger partial charge in [-0.05, 0) is 61.1 Å². The number of rotatable bonds is 5. The molecule has 1 atom stereocenters. The minimum absolute atomic E-state index is 0.286. The SMILES string of the molecule is CNC1CCCN(Cc2nnnn2-c2ccc(S(C)(=O)=O)cc2)C1. The van der Waals surface area contributed by atoms with Crippen LogP contribution in [0.15, 0.2) is 29.2 Å². The van der Waals surface area contributed by atoms with Crippen molar-refractivity contribution >= 4 is 9.84 Å². The van der Waals surface area contributed by atoms with Gasteiger partial charge in [-0.3, -0.25) is 4.90 Å². The first-order valence-corrected chi connectivity index (χ1v) is 9.84. The number of hydrogen-bond donors (Lipinski definition) is 1. The van der Waals surface area contributed by atoms with Gasteiger partial charge in [0.1, 0.15) is 0 Å². The fraction of sp³-hybridized carbons (Fsp3) is 0.533. The van der Waals surface area contributed by atoms with Crippen LogP contribution in [-0.4, -0.2) is 66.0 Å². The van der Waals surface area contributed by atoms with E-state index in [4.69, 9.17) is 0 Å². The molecule has 1 aliphatic heterocycles. The average molecular weight is 350 g/mol. The maximum atomic E-state index is 11.6. The summed E-state index contributed by atoms with van der Waals surface area (Å²) < 4.78 is 24.8. The second-order valence-corrected chi connectivity index (χ2v) is 8.15. The van der Waals surface area contributed by atoms with Crippen molar-refractivity contribution in [2.24, 2.45) is 0 Å². The van der Waals surface area contributed by atoms with Crippen LogP contribution in [0.4, 0.5) is 0 Å². The molecule has 1 aromatic heterocycles. The highest BCUT2D eigenvalue weighted by Crippen LogP contribution is 2.16. The van der Waals surface area contributed by atoms with Crippen molar-refractivity contribution in [3.05, 3.63) is 30.1 Å².